The molecule has 1 amide bonds. The first kappa shape index (κ1) is 11.9. The van der Waals surface area contributed by atoms with E-state index >= 15 is 0 Å². The van der Waals surface area contributed by atoms with E-state index in [0.717, 1.165) is 18.7 Å². The average molecular weight is 235 g/mol. The zero-order chi connectivity index (χ0) is 12.1. The minimum Gasteiger partial charge on any atom is -0.445 e. The summed E-state index contributed by atoms with van der Waals surface area (Å²) < 4.78 is 10.2. The van der Waals surface area contributed by atoms with Crippen LogP contribution in [0.1, 0.15) is 5.56 Å². The Morgan fingerprint density at radius 2 is 2.06 bits per heavy atom. The van der Waals surface area contributed by atoms with Crippen molar-refractivity contribution in [3.63, 3.8) is 0 Å². The van der Waals surface area contributed by atoms with Crippen LogP contribution in [0.15, 0.2) is 30.3 Å². The fourth-order valence-electron chi connectivity index (χ4n) is 1.87. The largest absolute Gasteiger partial charge is 0.445 e. The molecule has 0 unspecified atom stereocenters. The molecular formula is C13H17NO3. The van der Waals surface area contributed by atoms with Gasteiger partial charge in [0.2, 0.25) is 0 Å². The molecule has 0 radical (unpaired) electrons. The first-order valence-electron chi connectivity index (χ1n) is 5.74. The number of likely N-dealkylation sites (tertiary alicyclic amines) is 1. The van der Waals surface area contributed by atoms with E-state index in [4.69, 9.17) is 9.47 Å². The summed E-state index contributed by atoms with van der Waals surface area (Å²) in [4.78, 5) is 13.3. The maximum atomic E-state index is 11.6. The van der Waals surface area contributed by atoms with Crippen LogP contribution in [0, 0.1) is 5.92 Å². The number of hydrogen-bond donors (Lipinski definition) is 0. The van der Waals surface area contributed by atoms with E-state index < -0.39 is 0 Å². The van der Waals surface area contributed by atoms with Crippen molar-refractivity contribution < 1.29 is 14.3 Å². The highest BCUT2D eigenvalue weighted by Crippen LogP contribution is 2.17. The van der Waals surface area contributed by atoms with Gasteiger partial charge < -0.3 is 14.4 Å². The number of rotatable bonds is 4. The third kappa shape index (κ3) is 3.20. The second kappa shape index (κ2) is 5.68. The molecule has 0 spiro atoms. The molecule has 0 atom stereocenters. The Kier molecular flexibility index (Phi) is 3.98. The quantitative estimate of drug-likeness (QED) is 0.800. The molecule has 1 heterocycles. The van der Waals surface area contributed by atoms with E-state index in [1.807, 2.05) is 30.3 Å². The second-order valence-electron chi connectivity index (χ2n) is 4.27. The predicted octanol–water partition coefficient (Wildman–Crippen LogP) is 1.90. The molecule has 92 valence electrons. The Labute approximate surface area is 101 Å². The number of amides is 1. The van der Waals surface area contributed by atoms with Crippen LogP contribution < -0.4 is 0 Å². The average Bonchev–Trinajstić information content (AvgIpc) is 2.31. The Morgan fingerprint density at radius 1 is 1.35 bits per heavy atom. The van der Waals surface area contributed by atoms with Crippen molar-refractivity contribution in [2.45, 2.75) is 6.61 Å². The van der Waals surface area contributed by atoms with Crippen LogP contribution in [0.2, 0.25) is 0 Å². The summed E-state index contributed by atoms with van der Waals surface area (Å²) in [5, 5.41) is 0. The van der Waals surface area contributed by atoms with Crippen molar-refractivity contribution in [1.82, 2.24) is 4.90 Å². The minimum atomic E-state index is -0.235. The fraction of sp³-hybridized carbons (Fsp3) is 0.462. The number of ether oxygens (including phenoxy) is 2. The summed E-state index contributed by atoms with van der Waals surface area (Å²) in [6, 6.07) is 9.69. The first-order valence-corrected chi connectivity index (χ1v) is 5.74. The lowest BCUT2D eigenvalue weighted by atomic mass is 10.0. The highest BCUT2D eigenvalue weighted by Gasteiger charge is 2.31. The molecule has 1 aliphatic rings. The lowest BCUT2D eigenvalue weighted by molar-refractivity contribution is 0.0196. The number of carbonyl (C=O) groups is 1. The fourth-order valence-corrected chi connectivity index (χ4v) is 1.87. The van der Waals surface area contributed by atoms with Crippen molar-refractivity contribution in [1.29, 1.82) is 0 Å². The lowest BCUT2D eigenvalue weighted by Crippen LogP contribution is -2.51. The molecule has 0 saturated carbocycles. The van der Waals surface area contributed by atoms with Crippen molar-refractivity contribution in [2.24, 2.45) is 5.92 Å². The second-order valence-corrected chi connectivity index (χ2v) is 4.27. The van der Waals surface area contributed by atoms with E-state index in [1.165, 1.54) is 0 Å². The topological polar surface area (TPSA) is 38.8 Å². The summed E-state index contributed by atoms with van der Waals surface area (Å²) in [6.07, 6.45) is -0.235. The summed E-state index contributed by atoms with van der Waals surface area (Å²) >= 11 is 0. The Hall–Kier alpha value is -1.55. The summed E-state index contributed by atoms with van der Waals surface area (Å²) in [5.41, 5.74) is 1.01. The highest BCUT2D eigenvalue weighted by atomic mass is 16.6. The lowest BCUT2D eigenvalue weighted by Gasteiger charge is -2.37. The van der Waals surface area contributed by atoms with Crippen LogP contribution in [0.3, 0.4) is 0 Å². The normalized spacial score (nSPS) is 15.5. The van der Waals surface area contributed by atoms with Gasteiger partial charge in [-0.15, -0.1) is 0 Å². The molecule has 0 N–H and O–H groups in total. The summed E-state index contributed by atoms with van der Waals surface area (Å²) in [6.45, 7) is 2.52. The van der Waals surface area contributed by atoms with E-state index in [0.29, 0.717) is 19.1 Å². The standard InChI is InChI=1S/C13H17NO3/c1-16-9-12-7-14(8-12)13(15)17-10-11-5-3-2-4-6-11/h2-6,12H,7-10H2,1H3. The van der Waals surface area contributed by atoms with Crippen molar-refractivity contribution in [3.05, 3.63) is 35.9 Å². The van der Waals surface area contributed by atoms with Gasteiger partial charge in [0, 0.05) is 26.1 Å². The Balaban J connectivity index is 1.69. The van der Waals surface area contributed by atoms with Crippen LogP contribution in [-0.2, 0) is 16.1 Å². The van der Waals surface area contributed by atoms with Gasteiger partial charge in [-0.2, -0.15) is 0 Å². The van der Waals surface area contributed by atoms with Gasteiger partial charge in [0.05, 0.1) is 6.61 Å². The van der Waals surface area contributed by atoms with Crippen molar-refractivity contribution >= 4 is 6.09 Å². The van der Waals surface area contributed by atoms with Crippen LogP contribution in [-0.4, -0.2) is 37.8 Å². The molecule has 17 heavy (non-hydrogen) atoms. The first-order chi connectivity index (χ1) is 8.29. The zero-order valence-electron chi connectivity index (χ0n) is 9.96. The third-order valence-electron chi connectivity index (χ3n) is 2.82. The molecule has 4 nitrogen and oxygen atoms in total. The summed E-state index contributed by atoms with van der Waals surface area (Å²) in [7, 11) is 1.68. The van der Waals surface area contributed by atoms with Gasteiger partial charge >= 0.3 is 6.09 Å². The number of nitrogens with zero attached hydrogens (tertiary/aromatic N) is 1. The zero-order valence-corrected chi connectivity index (χ0v) is 9.96. The van der Waals surface area contributed by atoms with Gasteiger partial charge in [-0.1, -0.05) is 30.3 Å². The van der Waals surface area contributed by atoms with E-state index in [9.17, 15) is 4.79 Å². The van der Waals surface area contributed by atoms with E-state index in [-0.39, 0.29) is 6.09 Å². The van der Waals surface area contributed by atoms with Gasteiger partial charge in [-0.25, -0.2) is 4.79 Å². The molecule has 0 aliphatic carbocycles. The molecule has 2 rings (SSSR count). The smallest absolute Gasteiger partial charge is 0.410 e. The highest BCUT2D eigenvalue weighted by molar-refractivity contribution is 5.68. The van der Waals surface area contributed by atoms with Gasteiger partial charge in [0.1, 0.15) is 6.61 Å². The van der Waals surface area contributed by atoms with Gasteiger partial charge in [-0.3, -0.25) is 0 Å². The van der Waals surface area contributed by atoms with Crippen LogP contribution in [0.25, 0.3) is 0 Å². The minimum absolute atomic E-state index is 0.235. The molecule has 1 aromatic carbocycles. The molecule has 1 aromatic rings. The van der Waals surface area contributed by atoms with Crippen molar-refractivity contribution in [3.8, 4) is 0 Å². The number of benzene rings is 1. The molecule has 1 fully saturated rings. The molecule has 1 aliphatic heterocycles. The van der Waals surface area contributed by atoms with Crippen LogP contribution >= 0.6 is 0 Å². The van der Waals surface area contributed by atoms with Gasteiger partial charge in [0.25, 0.3) is 0 Å². The molecular weight excluding hydrogens is 218 g/mol. The van der Waals surface area contributed by atoms with E-state index in [2.05, 4.69) is 0 Å². The Morgan fingerprint density at radius 3 is 2.71 bits per heavy atom. The third-order valence-corrected chi connectivity index (χ3v) is 2.82. The number of carbonyl (C=O) groups excluding carboxylic acids is 1. The van der Waals surface area contributed by atoms with Crippen LogP contribution in [0.5, 0.6) is 0 Å². The molecule has 0 bridgehead atoms. The number of methoxy groups -OCH3 is 1. The summed E-state index contributed by atoms with van der Waals surface area (Å²) in [5.74, 6) is 0.462. The SMILES string of the molecule is COCC1CN(C(=O)OCc2ccccc2)C1. The van der Waals surface area contributed by atoms with Gasteiger partial charge in [0.15, 0.2) is 0 Å². The van der Waals surface area contributed by atoms with Crippen LogP contribution in [0.4, 0.5) is 4.79 Å². The predicted molar refractivity (Wildman–Crippen MR) is 63.6 cm³/mol. The molecule has 4 heteroatoms. The van der Waals surface area contributed by atoms with E-state index in [1.54, 1.807) is 12.0 Å². The monoisotopic (exact) mass is 235 g/mol. The van der Waals surface area contributed by atoms with Crippen molar-refractivity contribution in [2.75, 3.05) is 26.8 Å². The molecule has 1 saturated heterocycles. The maximum absolute atomic E-state index is 11.6. The molecule has 0 aromatic heterocycles. The maximum Gasteiger partial charge on any atom is 0.410 e. The Bertz CT molecular complexity index is 360. The number of hydrogen-bond acceptors (Lipinski definition) is 3. The van der Waals surface area contributed by atoms with Gasteiger partial charge in [-0.05, 0) is 5.56 Å².